The summed E-state index contributed by atoms with van der Waals surface area (Å²) in [6.07, 6.45) is 2.41. The standard InChI is InChI=1S/C25H26N6O3S/c1-6-19-20(22(32)33)31(24(35(19)5)26-23(34)25(2,3)4)16-13-11-15(12-14-16)17-9-7-8-10-18(17)21-27-29-30-28-21/h7-14H,6H2,1-5H3,(H-,27,28,29,30,32,33). The van der Waals surface area contributed by atoms with Crippen LogP contribution in [0.15, 0.2) is 53.5 Å². The lowest BCUT2D eigenvalue weighted by Gasteiger charge is -2.12. The van der Waals surface area contributed by atoms with Gasteiger partial charge in [0.15, 0.2) is 4.88 Å². The number of carbonyl (C=O) groups excluding carboxylic acids is 2. The van der Waals surface area contributed by atoms with E-state index in [1.165, 1.54) is 0 Å². The quantitative estimate of drug-likeness (QED) is 0.428. The Morgan fingerprint density at radius 3 is 2.29 bits per heavy atom. The fourth-order valence-electron chi connectivity index (χ4n) is 3.81. The summed E-state index contributed by atoms with van der Waals surface area (Å²) >= 11 is 0. The second-order valence-electron chi connectivity index (χ2n) is 9.04. The number of rotatable bonds is 5. The molecule has 1 N–H and O–H groups in total. The molecule has 0 bridgehead atoms. The number of nitrogens with zero attached hydrogens (tertiary/aromatic N) is 5. The highest BCUT2D eigenvalue weighted by atomic mass is 32.2. The Labute approximate surface area is 205 Å². The maximum Gasteiger partial charge on any atom is 0.354 e. The number of tetrazole rings is 1. The van der Waals surface area contributed by atoms with E-state index in [1.54, 1.807) is 25.3 Å². The number of nitrogens with one attached hydrogen (secondary N) is 1. The molecule has 9 nitrogen and oxygen atoms in total. The third-order valence-electron chi connectivity index (χ3n) is 5.63. The van der Waals surface area contributed by atoms with E-state index in [2.05, 4.69) is 25.6 Å². The number of carboxylic acid groups (broad SMARTS) is 1. The predicted octanol–water partition coefficient (Wildman–Crippen LogP) is 3.01. The van der Waals surface area contributed by atoms with Crippen LogP contribution in [-0.4, -0.2) is 37.1 Å². The highest BCUT2D eigenvalue weighted by Gasteiger charge is 2.29. The number of aromatic nitrogens is 5. The van der Waals surface area contributed by atoms with Crippen molar-refractivity contribution in [1.29, 1.82) is 0 Å². The van der Waals surface area contributed by atoms with Crippen molar-refractivity contribution < 1.29 is 14.7 Å². The molecule has 0 spiro atoms. The molecule has 2 heterocycles. The molecule has 4 rings (SSSR count). The average molecular weight is 491 g/mol. The summed E-state index contributed by atoms with van der Waals surface area (Å²) in [6.45, 7) is 7.26. The first-order chi connectivity index (χ1) is 16.6. The van der Waals surface area contributed by atoms with Crippen molar-refractivity contribution in [3.05, 3.63) is 63.9 Å². The Morgan fingerprint density at radius 1 is 1.09 bits per heavy atom. The minimum absolute atomic E-state index is 0.0544. The molecule has 1 amide bonds. The Kier molecular flexibility index (Phi) is 6.49. The topological polar surface area (TPSA) is 129 Å². The summed E-state index contributed by atoms with van der Waals surface area (Å²) in [5.41, 5.74) is 2.56. The molecule has 0 aliphatic carbocycles. The Bertz CT molecular complexity index is 1460. The van der Waals surface area contributed by atoms with Crippen LogP contribution in [0, 0.1) is 5.41 Å². The monoisotopic (exact) mass is 490 g/mol. The van der Waals surface area contributed by atoms with Gasteiger partial charge < -0.3 is 9.90 Å². The highest BCUT2D eigenvalue weighted by Crippen LogP contribution is 2.31. The maximum absolute atomic E-state index is 12.8. The van der Waals surface area contributed by atoms with Gasteiger partial charge in [0.1, 0.15) is 11.9 Å². The lowest BCUT2D eigenvalue weighted by atomic mass is 9.96. The van der Waals surface area contributed by atoms with Crippen molar-refractivity contribution >= 4 is 22.3 Å². The second kappa shape index (κ2) is 9.38. The molecule has 35 heavy (non-hydrogen) atoms. The number of amides is 1. The van der Waals surface area contributed by atoms with Crippen molar-refractivity contribution in [2.24, 2.45) is 16.7 Å². The molecule has 10 heteroatoms. The minimum atomic E-state index is -1.29. The van der Waals surface area contributed by atoms with Gasteiger partial charge in [-0.25, -0.2) is 4.57 Å². The van der Waals surface area contributed by atoms with Gasteiger partial charge >= 0.3 is 4.80 Å². The van der Waals surface area contributed by atoms with E-state index < -0.39 is 21.9 Å². The van der Waals surface area contributed by atoms with Crippen LogP contribution in [0.2, 0.25) is 0 Å². The molecule has 0 radical (unpaired) electrons. The predicted molar refractivity (Wildman–Crippen MR) is 132 cm³/mol. The zero-order valence-corrected chi connectivity index (χ0v) is 21.0. The summed E-state index contributed by atoms with van der Waals surface area (Å²) in [6, 6.07) is 15.1. The Hall–Kier alpha value is -3.92. The normalized spacial score (nSPS) is 12.7. The lowest BCUT2D eigenvalue weighted by molar-refractivity contribution is -0.255. The van der Waals surface area contributed by atoms with Gasteiger partial charge in [-0.15, -0.1) is 15.2 Å². The number of carbonyl (C=O) groups is 2. The molecule has 2 aromatic carbocycles. The molecule has 4 aromatic rings. The van der Waals surface area contributed by atoms with E-state index >= 15 is 0 Å². The van der Waals surface area contributed by atoms with Gasteiger partial charge in [0.25, 0.3) is 5.91 Å². The highest BCUT2D eigenvalue weighted by molar-refractivity contribution is 7.27. The van der Waals surface area contributed by atoms with Gasteiger partial charge in [-0.2, -0.15) is 5.21 Å². The number of aromatic carboxylic acids is 1. The molecular weight excluding hydrogens is 464 g/mol. The van der Waals surface area contributed by atoms with Gasteiger partial charge in [-0.3, -0.25) is 4.79 Å². The Morgan fingerprint density at radius 2 is 1.74 bits per heavy atom. The number of benzene rings is 2. The van der Waals surface area contributed by atoms with E-state index in [4.69, 9.17) is 0 Å². The summed E-state index contributed by atoms with van der Waals surface area (Å²) in [5.74, 6) is -1.12. The number of carboxylic acids is 1. The smallest absolute Gasteiger partial charge is 0.354 e. The zero-order valence-electron chi connectivity index (χ0n) is 20.2. The van der Waals surface area contributed by atoms with Crippen molar-refractivity contribution in [3.63, 3.8) is 0 Å². The first-order valence-corrected chi connectivity index (χ1v) is 12.7. The first-order valence-electron chi connectivity index (χ1n) is 11.1. The summed E-state index contributed by atoms with van der Waals surface area (Å²) in [4.78, 5) is 30.5. The van der Waals surface area contributed by atoms with E-state index in [0.717, 1.165) is 16.7 Å². The van der Waals surface area contributed by atoms with Crippen LogP contribution in [0.1, 0.15) is 43.1 Å². The second-order valence-corrected chi connectivity index (χ2v) is 10.9. The molecular formula is C25H26N6O3S. The summed E-state index contributed by atoms with van der Waals surface area (Å²) < 4.78 is 1.55. The zero-order chi connectivity index (χ0) is 25.3. The van der Waals surface area contributed by atoms with Crippen LogP contribution in [0.4, 0.5) is 0 Å². The van der Waals surface area contributed by atoms with Crippen molar-refractivity contribution in [2.45, 2.75) is 34.1 Å². The molecule has 180 valence electrons. The van der Waals surface area contributed by atoms with Crippen molar-refractivity contribution in [3.8, 4) is 28.2 Å². The van der Waals surface area contributed by atoms with Gasteiger partial charge in [0.2, 0.25) is 5.82 Å². The van der Waals surface area contributed by atoms with E-state index in [9.17, 15) is 14.7 Å². The maximum atomic E-state index is 12.8. The van der Waals surface area contributed by atoms with Gasteiger partial charge in [0.05, 0.1) is 11.7 Å². The summed E-state index contributed by atoms with van der Waals surface area (Å²) in [7, 11) is -0.663. The SMILES string of the molecule is CCc1c(C(=O)[O-])n(-c2ccc(-c3ccccc3-c3nn[nH]n3)cc2)c(=NC(=O)C(C)(C)C)[s+]1C. The molecule has 1 unspecified atom stereocenters. The number of thiazole rings is 1. The van der Waals surface area contributed by atoms with Gasteiger partial charge in [-0.05, 0) is 28.5 Å². The number of aromatic amines is 1. The van der Waals surface area contributed by atoms with Crippen molar-refractivity contribution in [1.82, 2.24) is 25.2 Å². The van der Waals surface area contributed by atoms with E-state index in [0.29, 0.717) is 27.6 Å². The first kappa shape index (κ1) is 24.2. The fourth-order valence-corrected chi connectivity index (χ4v) is 5.62. The Balaban J connectivity index is 1.90. The third-order valence-corrected chi connectivity index (χ3v) is 7.67. The van der Waals surface area contributed by atoms with E-state index in [1.807, 2.05) is 61.7 Å². The van der Waals surface area contributed by atoms with Gasteiger partial charge in [0, 0.05) is 27.9 Å². The number of hydrogen-bond donors (Lipinski definition) is 1. The molecule has 0 saturated heterocycles. The number of H-pyrrole nitrogens is 1. The van der Waals surface area contributed by atoms with Crippen LogP contribution in [-0.2, 0) is 17.5 Å². The molecule has 2 aromatic heterocycles. The van der Waals surface area contributed by atoms with E-state index in [-0.39, 0.29) is 11.6 Å². The average Bonchev–Trinajstić information content (AvgIpc) is 3.45. The molecule has 0 fully saturated rings. The lowest BCUT2D eigenvalue weighted by Crippen LogP contribution is -2.30. The van der Waals surface area contributed by atoms with Crippen LogP contribution in [0.25, 0.3) is 28.2 Å². The van der Waals surface area contributed by atoms with Crippen molar-refractivity contribution in [2.75, 3.05) is 0 Å². The molecule has 0 aliphatic rings. The minimum Gasteiger partial charge on any atom is -0.543 e. The molecule has 0 aliphatic heterocycles. The van der Waals surface area contributed by atoms with Gasteiger partial charge in [-0.1, -0.05) is 64.1 Å². The molecule has 0 saturated carbocycles. The van der Waals surface area contributed by atoms with Crippen LogP contribution >= 0.6 is 10.5 Å². The summed E-state index contributed by atoms with van der Waals surface area (Å²) in [5, 5.41) is 26.5. The number of hydrogen-bond acceptors (Lipinski definition) is 6. The van der Waals surface area contributed by atoms with Crippen LogP contribution in [0.5, 0.6) is 0 Å². The van der Waals surface area contributed by atoms with Crippen LogP contribution < -0.4 is 9.91 Å². The van der Waals surface area contributed by atoms with Crippen LogP contribution in [0.3, 0.4) is 0 Å². The molecule has 1 atom stereocenters. The third kappa shape index (κ3) is 4.57. The largest absolute Gasteiger partial charge is 0.543 e. The fraction of sp³-hybridized carbons (Fsp3) is 0.280.